The molecule has 0 spiro atoms. The van der Waals surface area contributed by atoms with E-state index in [4.69, 9.17) is 0 Å². The van der Waals surface area contributed by atoms with Crippen LogP contribution in [0.2, 0.25) is 0 Å². The van der Waals surface area contributed by atoms with E-state index in [0.717, 1.165) is 23.4 Å². The summed E-state index contributed by atoms with van der Waals surface area (Å²) in [6.07, 6.45) is -2.07. The van der Waals surface area contributed by atoms with E-state index in [1.807, 2.05) is 32.0 Å². The minimum absolute atomic E-state index is 0. The second kappa shape index (κ2) is 8.02. The third kappa shape index (κ3) is 5.39. The number of benzene rings is 1. The number of nitrogens with one attached hydrogen (secondary N) is 1. The smallest absolute Gasteiger partial charge is 0.320 e. The van der Waals surface area contributed by atoms with Crippen LogP contribution in [-0.4, -0.2) is 5.91 Å². The third-order valence-electron chi connectivity index (χ3n) is 3.26. The van der Waals surface area contributed by atoms with Gasteiger partial charge in [0.1, 0.15) is 5.56 Å². The minimum Gasteiger partial charge on any atom is -0.320 e. The minimum atomic E-state index is -4.42. The molecule has 0 atom stereocenters. The molecule has 2 rings (SSSR count). The summed E-state index contributed by atoms with van der Waals surface area (Å²) in [5.41, 5.74) is 1.72. The van der Waals surface area contributed by atoms with Crippen molar-refractivity contribution in [2.75, 3.05) is 5.32 Å². The number of halogens is 3. The molecular formula is C16H16F3N2OY+. The van der Waals surface area contributed by atoms with Gasteiger partial charge in [-0.15, -0.1) is 0 Å². The van der Waals surface area contributed by atoms with E-state index in [2.05, 4.69) is 5.32 Å². The van der Waals surface area contributed by atoms with E-state index in [1.165, 1.54) is 16.8 Å². The zero-order valence-corrected chi connectivity index (χ0v) is 15.7. The average Bonchev–Trinajstić information content (AvgIpc) is 2.42. The number of hydrogen-bond donors (Lipinski definition) is 1. The first-order chi connectivity index (χ1) is 10.3. The molecule has 0 aliphatic heterocycles. The number of aromatic nitrogens is 1. The summed E-state index contributed by atoms with van der Waals surface area (Å²) in [6, 6.07) is 7.84. The van der Waals surface area contributed by atoms with E-state index in [-0.39, 0.29) is 45.2 Å². The Labute approximate surface area is 157 Å². The summed E-state index contributed by atoms with van der Waals surface area (Å²) in [7, 11) is 0. The van der Waals surface area contributed by atoms with Crippen LogP contribution in [0, 0.1) is 13.8 Å². The molecule has 119 valence electrons. The van der Waals surface area contributed by atoms with E-state index >= 15 is 0 Å². The van der Waals surface area contributed by atoms with Crippen LogP contribution in [0.1, 0.15) is 16.7 Å². The molecule has 23 heavy (non-hydrogen) atoms. The molecule has 0 aliphatic rings. The molecular weight excluding hydrogens is 382 g/mol. The second-order valence-corrected chi connectivity index (χ2v) is 5.08. The Hall–Kier alpha value is -1.27. The van der Waals surface area contributed by atoms with Crippen molar-refractivity contribution in [1.29, 1.82) is 0 Å². The van der Waals surface area contributed by atoms with Crippen LogP contribution in [0.4, 0.5) is 18.9 Å². The molecule has 1 aromatic heterocycles. The first-order valence-corrected chi connectivity index (χ1v) is 6.70. The standard InChI is InChI=1S/C16H15F3N2O.Y/c1-11-5-3-6-12(2)15(11)20-14(22)10-21-8-4-7-13(9-21)16(17,18)19;/h3-9H,10H2,1-2H3;/p+1. The first kappa shape index (κ1) is 19.8. The molecule has 0 saturated carbocycles. The van der Waals surface area contributed by atoms with Crippen molar-refractivity contribution >= 4 is 11.6 Å². The molecule has 1 N–H and O–H groups in total. The average molecular weight is 398 g/mol. The Bertz CT molecular complexity index is 682. The van der Waals surface area contributed by atoms with Gasteiger partial charge >= 0.3 is 6.18 Å². The third-order valence-corrected chi connectivity index (χ3v) is 3.26. The van der Waals surface area contributed by atoms with Crippen molar-refractivity contribution in [3.8, 4) is 0 Å². The van der Waals surface area contributed by atoms with Gasteiger partial charge in [-0.2, -0.15) is 17.7 Å². The monoisotopic (exact) mass is 398 g/mol. The Morgan fingerprint density at radius 2 is 1.74 bits per heavy atom. The molecule has 0 saturated heterocycles. The predicted molar refractivity (Wildman–Crippen MR) is 76.2 cm³/mol. The molecule has 1 heterocycles. The van der Waals surface area contributed by atoms with Crippen molar-refractivity contribution in [3.05, 3.63) is 59.4 Å². The fourth-order valence-electron chi connectivity index (χ4n) is 2.14. The van der Waals surface area contributed by atoms with Crippen molar-refractivity contribution in [3.63, 3.8) is 0 Å². The Balaban J connectivity index is 0.00000264. The maximum absolute atomic E-state index is 12.6. The molecule has 1 radical (unpaired) electrons. The van der Waals surface area contributed by atoms with Gasteiger partial charge in [-0.3, -0.25) is 4.79 Å². The number of alkyl halides is 3. The summed E-state index contributed by atoms with van der Waals surface area (Å²) in [4.78, 5) is 12.0. The van der Waals surface area contributed by atoms with Crippen LogP contribution < -0.4 is 9.88 Å². The topological polar surface area (TPSA) is 33.0 Å². The van der Waals surface area contributed by atoms with Gasteiger partial charge in [0.15, 0.2) is 12.4 Å². The number of aryl methyl sites for hydroxylation is 2. The van der Waals surface area contributed by atoms with Gasteiger partial charge < -0.3 is 5.32 Å². The van der Waals surface area contributed by atoms with Gasteiger partial charge in [0.05, 0.1) is 0 Å². The molecule has 3 nitrogen and oxygen atoms in total. The number of pyridine rings is 1. The summed E-state index contributed by atoms with van der Waals surface area (Å²) in [5, 5.41) is 2.74. The fourth-order valence-corrected chi connectivity index (χ4v) is 2.14. The zero-order chi connectivity index (χ0) is 16.3. The van der Waals surface area contributed by atoms with E-state index in [1.54, 1.807) is 0 Å². The van der Waals surface area contributed by atoms with Crippen LogP contribution in [-0.2, 0) is 50.2 Å². The summed E-state index contributed by atoms with van der Waals surface area (Å²) < 4.78 is 39.1. The Morgan fingerprint density at radius 3 is 2.30 bits per heavy atom. The van der Waals surface area contributed by atoms with Gasteiger partial charge in [0.2, 0.25) is 6.54 Å². The molecule has 0 aliphatic carbocycles. The second-order valence-electron chi connectivity index (χ2n) is 5.08. The van der Waals surface area contributed by atoms with Crippen molar-refractivity contribution in [1.82, 2.24) is 0 Å². The first-order valence-electron chi connectivity index (χ1n) is 6.70. The number of nitrogens with zero attached hydrogens (tertiary/aromatic N) is 1. The van der Waals surface area contributed by atoms with Gasteiger partial charge in [-0.25, -0.2) is 0 Å². The van der Waals surface area contributed by atoms with Crippen LogP contribution in [0.15, 0.2) is 42.7 Å². The van der Waals surface area contributed by atoms with Crippen molar-refractivity contribution in [2.24, 2.45) is 0 Å². The maximum Gasteiger partial charge on any atom is 0.422 e. The number of carbonyl (C=O) groups is 1. The Morgan fingerprint density at radius 1 is 1.13 bits per heavy atom. The van der Waals surface area contributed by atoms with Gasteiger partial charge in [0, 0.05) is 44.5 Å². The molecule has 1 amide bonds. The molecule has 1 aromatic carbocycles. The quantitative estimate of drug-likeness (QED) is 0.792. The zero-order valence-electron chi connectivity index (χ0n) is 12.8. The largest absolute Gasteiger partial charge is 0.422 e. The molecule has 0 fully saturated rings. The van der Waals surface area contributed by atoms with E-state index in [9.17, 15) is 18.0 Å². The SMILES string of the molecule is Cc1cccc(C)c1NC(=O)C[n+]1cccc(C(F)(F)F)c1.[Y]. The summed E-state index contributed by atoms with van der Waals surface area (Å²) in [6.45, 7) is 3.54. The van der Waals surface area contributed by atoms with Crippen LogP contribution in [0.25, 0.3) is 0 Å². The van der Waals surface area contributed by atoms with Crippen molar-refractivity contribution in [2.45, 2.75) is 26.6 Å². The normalized spacial score (nSPS) is 10.8. The Kier molecular flexibility index (Phi) is 6.90. The maximum atomic E-state index is 12.6. The predicted octanol–water partition coefficient (Wildman–Crippen LogP) is 3.25. The van der Waals surface area contributed by atoms with Gasteiger partial charge in [-0.05, 0) is 31.0 Å². The van der Waals surface area contributed by atoms with Crippen LogP contribution in [0.3, 0.4) is 0 Å². The van der Waals surface area contributed by atoms with Gasteiger partial charge in [0.25, 0.3) is 5.91 Å². The molecule has 7 heteroatoms. The fraction of sp³-hybridized carbons (Fsp3) is 0.250. The number of para-hydroxylation sites is 1. The van der Waals surface area contributed by atoms with Gasteiger partial charge in [-0.1, -0.05) is 18.2 Å². The summed E-state index contributed by atoms with van der Waals surface area (Å²) >= 11 is 0. The van der Waals surface area contributed by atoms with Crippen LogP contribution in [0.5, 0.6) is 0 Å². The van der Waals surface area contributed by atoms with E-state index in [0.29, 0.717) is 5.69 Å². The number of amides is 1. The molecule has 0 unspecified atom stereocenters. The number of anilines is 1. The van der Waals surface area contributed by atoms with Crippen LogP contribution >= 0.6 is 0 Å². The summed E-state index contributed by atoms with van der Waals surface area (Å²) in [5.74, 6) is -0.373. The van der Waals surface area contributed by atoms with E-state index < -0.39 is 11.7 Å². The number of rotatable bonds is 3. The number of hydrogen-bond acceptors (Lipinski definition) is 1. The molecule has 2 aromatic rings. The molecule has 0 bridgehead atoms. The number of carbonyl (C=O) groups excluding carboxylic acids is 1. The van der Waals surface area contributed by atoms with Crippen molar-refractivity contribution < 1.29 is 55.2 Å².